The first kappa shape index (κ1) is 9.61. The van der Waals surface area contributed by atoms with Gasteiger partial charge in [0.05, 0.1) is 6.54 Å². The second-order valence-electron chi connectivity index (χ2n) is 3.70. The first-order valence-electron chi connectivity index (χ1n) is 4.96. The van der Waals surface area contributed by atoms with Crippen molar-refractivity contribution in [2.24, 2.45) is 5.92 Å². The van der Waals surface area contributed by atoms with Gasteiger partial charge in [-0.2, -0.15) is 4.98 Å². The number of nitrogens with zero attached hydrogens (tertiary/aromatic N) is 3. The van der Waals surface area contributed by atoms with E-state index in [1.807, 2.05) is 6.92 Å². The van der Waals surface area contributed by atoms with Crippen LogP contribution < -0.4 is 0 Å². The SMILES string of the molecule is CCc1noc(CN2CC(CO)C2)n1. The summed E-state index contributed by atoms with van der Waals surface area (Å²) < 4.78 is 5.07. The summed E-state index contributed by atoms with van der Waals surface area (Å²) in [6.45, 7) is 4.85. The van der Waals surface area contributed by atoms with Gasteiger partial charge in [-0.1, -0.05) is 12.1 Å². The molecule has 5 heteroatoms. The van der Waals surface area contributed by atoms with Crippen LogP contribution in [0.2, 0.25) is 0 Å². The summed E-state index contributed by atoms with van der Waals surface area (Å²) in [6, 6.07) is 0. The highest BCUT2D eigenvalue weighted by atomic mass is 16.5. The van der Waals surface area contributed by atoms with Crippen molar-refractivity contribution in [2.75, 3.05) is 19.7 Å². The van der Waals surface area contributed by atoms with E-state index in [1.54, 1.807) is 0 Å². The molecule has 5 nitrogen and oxygen atoms in total. The van der Waals surface area contributed by atoms with Crippen LogP contribution in [-0.4, -0.2) is 39.8 Å². The number of hydrogen-bond donors (Lipinski definition) is 1. The summed E-state index contributed by atoms with van der Waals surface area (Å²) in [5.74, 6) is 1.88. The molecule has 0 amide bonds. The monoisotopic (exact) mass is 197 g/mol. The molecule has 2 rings (SSSR count). The van der Waals surface area contributed by atoms with Gasteiger partial charge in [0.25, 0.3) is 0 Å². The van der Waals surface area contributed by atoms with Gasteiger partial charge >= 0.3 is 0 Å². The minimum atomic E-state index is 0.278. The average molecular weight is 197 g/mol. The van der Waals surface area contributed by atoms with Crippen LogP contribution in [0.25, 0.3) is 0 Å². The molecule has 1 fully saturated rings. The quantitative estimate of drug-likeness (QED) is 0.739. The van der Waals surface area contributed by atoms with Crippen LogP contribution in [0.1, 0.15) is 18.6 Å². The largest absolute Gasteiger partial charge is 0.396 e. The molecular weight excluding hydrogens is 182 g/mol. The highest BCUT2D eigenvalue weighted by Gasteiger charge is 2.27. The Balaban J connectivity index is 1.81. The maximum absolute atomic E-state index is 8.83. The molecular formula is C9H15N3O2. The fourth-order valence-corrected chi connectivity index (χ4v) is 1.61. The standard InChI is InChI=1S/C9H15N3O2/c1-2-8-10-9(14-11-8)5-12-3-7(4-12)6-13/h7,13H,2-6H2,1H3. The molecule has 0 bridgehead atoms. The maximum atomic E-state index is 8.83. The Kier molecular flexibility index (Phi) is 2.79. The fraction of sp³-hybridized carbons (Fsp3) is 0.778. The first-order chi connectivity index (χ1) is 6.81. The predicted molar refractivity (Wildman–Crippen MR) is 49.5 cm³/mol. The van der Waals surface area contributed by atoms with Crippen molar-refractivity contribution in [3.63, 3.8) is 0 Å². The predicted octanol–water partition coefficient (Wildman–Crippen LogP) is 0.0561. The van der Waals surface area contributed by atoms with Crippen LogP contribution in [0, 0.1) is 5.92 Å². The molecule has 2 heterocycles. The second-order valence-corrected chi connectivity index (χ2v) is 3.70. The summed E-state index contributed by atoms with van der Waals surface area (Å²) in [6.07, 6.45) is 0.808. The van der Waals surface area contributed by atoms with E-state index in [-0.39, 0.29) is 6.61 Å². The van der Waals surface area contributed by atoms with Gasteiger partial charge in [0, 0.05) is 32.0 Å². The highest BCUT2D eigenvalue weighted by molar-refractivity contribution is 4.88. The molecule has 1 aromatic rings. The number of hydrogen-bond acceptors (Lipinski definition) is 5. The topological polar surface area (TPSA) is 62.4 Å². The number of rotatable bonds is 4. The Hall–Kier alpha value is -0.940. The highest BCUT2D eigenvalue weighted by Crippen LogP contribution is 2.16. The zero-order valence-corrected chi connectivity index (χ0v) is 8.31. The van der Waals surface area contributed by atoms with Gasteiger partial charge in [0.1, 0.15) is 0 Å². The third kappa shape index (κ3) is 1.93. The van der Waals surface area contributed by atoms with Gasteiger partial charge < -0.3 is 9.63 Å². The molecule has 0 unspecified atom stereocenters. The Labute approximate surface area is 82.7 Å². The van der Waals surface area contributed by atoms with Gasteiger partial charge in [-0.05, 0) is 0 Å². The molecule has 1 aliphatic heterocycles. The molecule has 0 saturated carbocycles. The molecule has 1 aromatic heterocycles. The van der Waals surface area contributed by atoms with Crippen LogP contribution in [0.5, 0.6) is 0 Å². The molecule has 0 aliphatic carbocycles. The Morgan fingerprint density at radius 2 is 2.36 bits per heavy atom. The molecule has 0 radical (unpaired) electrons. The lowest BCUT2D eigenvalue weighted by Gasteiger charge is -2.36. The summed E-state index contributed by atoms with van der Waals surface area (Å²) in [7, 11) is 0. The number of aliphatic hydroxyl groups excluding tert-OH is 1. The summed E-state index contributed by atoms with van der Waals surface area (Å²) >= 11 is 0. The molecule has 0 spiro atoms. The van der Waals surface area contributed by atoms with Gasteiger partial charge in [-0.25, -0.2) is 0 Å². The lowest BCUT2D eigenvalue weighted by Crippen LogP contribution is -2.47. The van der Waals surface area contributed by atoms with Crippen LogP contribution in [-0.2, 0) is 13.0 Å². The van der Waals surface area contributed by atoms with E-state index in [4.69, 9.17) is 9.63 Å². The van der Waals surface area contributed by atoms with Crippen molar-refractivity contribution in [1.82, 2.24) is 15.0 Å². The van der Waals surface area contributed by atoms with Crippen LogP contribution in [0.15, 0.2) is 4.52 Å². The summed E-state index contributed by atoms with van der Waals surface area (Å²) in [5, 5.41) is 12.7. The van der Waals surface area contributed by atoms with Crippen LogP contribution in [0.3, 0.4) is 0 Å². The number of aliphatic hydroxyl groups is 1. The van der Waals surface area contributed by atoms with E-state index >= 15 is 0 Å². The zero-order chi connectivity index (χ0) is 9.97. The number of aryl methyl sites for hydroxylation is 1. The van der Waals surface area contributed by atoms with Crippen LogP contribution >= 0.6 is 0 Å². The molecule has 78 valence electrons. The Bertz CT molecular complexity index is 294. The van der Waals surface area contributed by atoms with Crippen molar-refractivity contribution < 1.29 is 9.63 Å². The van der Waals surface area contributed by atoms with Crippen LogP contribution in [0.4, 0.5) is 0 Å². The molecule has 14 heavy (non-hydrogen) atoms. The van der Waals surface area contributed by atoms with Gasteiger partial charge in [0.15, 0.2) is 5.82 Å². The lowest BCUT2D eigenvalue weighted by molar-refractivity contribution is 0.0402. The smallest absolute Gasteiger partial charge is 0.240 e. The van der Waals surface area contributed by atoms with Crippen molar-refractivity contribution >= 4 is 0 Å². The molecule has 0 aromatic carbocycles. The van der Waals surface area contributed by atoms with Gasteiger partial charge in [-0.3, -0.25) is 4.90 Å². The van der Waals surface area contributed by atoms with E-state index in [0.29, 0.717) is 18.4 Å². The van der Waals surface area contributed by atoms with E-state index in [2.05, 4.69) is 15.0 Å². The molecule has 0 atom stereocenters. The summed E-state index contributed by atoms with van der Waals surface area (Å²) in [5.41, 5.74) is 0. The number of aromatic nitrogens is 2. The average Bonchev–Trinajstić information content (AvgIpc) is 2.58. The fourth-order valence-electron chi connectivity index (χ4n) is 1.61. The van der Waals surface area contributed by atoms with E-state index in [0.717, 1.165) is 25.3 Å². The van der Waals surface area contributed by atoms with E-state index < -0.39 is 0 Å². The zero-order valence-electron chi connectivity index (χ0n) is 8.31. The third-order valence-corrected chi connectivity index (χ3v) is 2.48. The summed E-state index contributed by atoms with van der Waals surface area (Å²) in [4.78, 5) is 6.41. The Morgan fingerprint density at radius 1 is 1.57 bits per heavy atom. The lowest BCUT2D eigenvalue weighted by atomic mass is 10.0. The van der Waals surface area contributed by atoms with Crippen molar-refractivity contribution in [2.45, 2.75) is 19.9 Å². The van der Waals surface area contributed by atoms with Gasteiger partial charge in [0.2, 0.25) is 5.89 Å². The maximum Gasteiger partial charge on any atom is 0.240 e. The minimum Gasteiger partial charge on any atom is -0.396 e. The van der Waals surface area contributed by atoms with Crippen molar-refractivity contribution in [1.29, 1.82) is 0 Å². The van der Waals surface area contributed by atoms with Gasteiger partial charge in [-0.15, -0.1) is 0 Å². The molecule has 1 N–H and O–H groups in total. The Morgan fingerprint density at radius 3 is 2.93 bits per heavy atom. The van der Waals surface area contributed by atoms with E-state index in [9.17, 15) is 0 Å². The number of likely N-dealkylation sites (tertiary alicyclic amines) is 1. The molecule has 1 saturated heterocycles. The van der Waals surface area contributed by atoms with E-state index in [1.165, 1.54) is 0 Å². The first-order valence-corrected chi connectivity index (χ1v) is 4.96. The normalized spacial score (nSPS) is 18.4. The second kappa shape index (κ2) is 4.06. The van der Waals surface area contributed by atoms with Crippen molar-refractivity contribution in [3.8, 4) is 0 Å². The molecule has 1 aliphatic rings. The van der Waals surface area contributed by atoms with Crippen molar-refractivity contribution in [3.05, 3.63) is 11.7 Å². The minimum absolute atomic E-state index is 0.278. The third-order valence-electron chi connectivity index (χ3n) is 2.48.